The number of hydrogen-bond acceptors (Lipinski definition) is 1. The Morgan fingerprint density at radius 3 is 2.41 bits per heavy atom. The van der Waals surface area contributed by atoms with Crippen molar-refractivity contribution in [1.29, 1.82) is 0 Å². The Hall–Kier alpha value is 0.440. The van der Waals surface area contributed by atoms with Crippen LogP contribution in [0.2, 0.25) is 0 Å². The van der Waals surface area contributed by atoms with Crippen LogP contribution in [0.3, 0.4) is 0 Å². The smallest absolute Gasteiger partial charge is 0.0518 e. The highest BCUT2D eigenvalue weighted by atomic mass is 79.9. The molecular formula is C15H29BrO. The summed E-state index contributed by atoms with van der Waals surface area (Å²) in [4.78, 5) is 0.705. The van der Waals surface area contributed by atoms with Crippen LogP contribution in [0.4, 0.5) is 0 Å². The summed E-state index contributed by atoms with van der Waals surface area (Å²) in [6.07, 6.45) is 5.64. The predicted molar refractivity (Wildman–Crippen MR) is 78.7 cm³/mol. The van der Waals surface area contributed by atoms with Gasteiger partial charge in [-0.05, 0) is 56.8 Å². The zero-order valence-corrected chi connectivity index (χ0v) is 13.7. The summed E-state index contributed by atoms with van der Waals surface area (Å²) in [7, 11) is 0. The fraction of sp³-hybridized carbons (Fsp3) is 1.00. The molecule has 3 unspecified atom stereocenters. The van der Waals surface area contributed by atoms with Gasteiger partial charge in [-0.2, -0.15) is 0 Å². The van der Waals surface area contributed by atoms with Crippen molar-refractivity contribution in [3.05, 3.63) is 0 Å². The zero-order valence-electron chi connectivity index (χ0n) is 12.1. The largest absolute Gasteiger partial charge is 0.379 e. The second kappa shape index (κ2) is 6.56. The maximum Gasteiger partial charge on any atom is 0.0518 e. The Labute approximate surface area is 116 Å². The van der Waals surface area contributed by atoms with E-state index in [2.05, 4.69) is 50.5 Å². The topological polar surface area (TPSA) is 9.23 Å². The molecule has 0 saturated heterocycles. The van der Waals surface area contributed by atoms with E-state index in [0.29, 0.717) is 16.3 Å². The van der Waals surface area contributed by atoms with Crippen molar-refractivity contribution in [2.45, 2.75) is 71.2 Å². The monoisotopic (exact) mass is 304 g/mol. The van der Waals surface area contributed by atoms with Crippen molar-refractivity contribution in [2.24, 2.45) is 17.3 Å². The molecule has 102 valence electrons. The second-order valence-corrected chi connectivity index (χ2v) is 8.04. The molecule has 0 bridgehead atoms. The molecule has 1 aliphatic rings. The Morgan fingerprint density at radius 1 is 1.24 bits per heavy atom. The van der Waals surface area contributed by atoms with Gasteiger partial charge in [0.2, 0.25) is 0 Å². The summed E-state index contributed by atoms with van der Waals surface area (Å²) in [6, 6.07) is 0. The third-order valence-corrected chi connectivity index (χ3v) is 5.26. The van der Waals surface area contributed by atoms with E-state index in [-0.39, 0.29) is 0 Å². The van der Waals surface area contributed by atoms with Gasteiger partial charge < -0.3 is 4.74 Å². The van der Waals surface area contributed by atoms with Gasteiger partial charge in [0.15, 0.2) is 0 Å². The van der Waals surface area contributed by atoms with Gasteiger partial charge in [-0.1, -0.05) is 36.7 Å². The molecule has 0 heterocycles. The van der Waals surface area contributed by atoms with Gasteiger partial charge in [0.05, 0.1) is 6.10 Å². The van der Waals surface area contributed by atoms with Crippen LogP contribution in [0.25, 0.3) is 0 Å². The SMILES string of the molecule is CC(C)OCCC1CC(C(C)(C)C)CCC1Br. The fourth-order valence-corrected chi connectivity index (χ4v) is 3.51. The standard InChI is InChI=1S/C15H29BrO/c1-11(2)17-9-8-12-10-13(15(3,4)5)6-7-14(12)16/h11-14H,6-10H2,1-5H3. The van der Waals surface area contributed by atoms with Gasteiger partial charge in [-0.3, -0.25) is 0 Å². The lowest BCUT2D eigenvalue weighted by molar-refractivity contribution is 0.0559. The molecule has 0 radical (unpaired) electrons. The molecule has 1 fully saturated rings. The Balaban J connectivity index is 2.41. The van der Waals surface area contributed by atoms with Crippen LogP contribution in [-0.4, -0.2) is 17.5 Å². The van der Waals surface area contributed by atoms with Crippen molar-refractivity contribution >= 4 is 15.9 Å². The molecule has 1 rings (SSSR count). The second-order valence-electron chi connectivity index (χ2n) is 6.86. The van der Waals surface area contributed by atoms with E-state index in [4.69, 9.17) is 4.74 Å². The summed E-state index contributed by atoms with van der Waals surface area (Å²) in [5.74, 6) is 1.67. The number of alkyl halides is 1. The molecule has 0 aromatic carbocycles. The highest BCUT2D eigenvalue weighted by Gasteiger charge is 2.34. The van der Waals surface area contributed by atoms with E-state index in [0.717, 1.165) is 18.4 Å². The van der Waals surface area contributed by atoms with Crippen molar-refractivity contribution < 1.29 is 4.74 Å². The van der Waals surface area contributed by atoms with Gasteiger partial charge in [-0.15, -0.1) is 0 Å². The van der Waals surface area contributed by atoms with Gasteiger partial charge >= 0.3 is 0 Å². The van der Waals surface area contributed by atoms with E-state index < -0.39 is 0 Å². The average Bonchev–Trinajstić information content (AvgIpc) is 2.18. The fourth-order valence-electron chi connectivity index (χ4n) is 2.77. The predicted octanol–water partition coefficient (Wildman–Crippen LogP) is 5.03. The molecule has 0 amide bonds. The Morgan fingerprint density at radius 2 is 1.88 bits per heavy atom. The van der Waals surface area contributed by atoms with E-state index in [1.54, 1.807) is 0 Å². The first-order valence-electron chi connectivity index (χ1n) is 7.06. The van der Waals surface area contributed by atoms with Crippen LogP contribution in [-0.2, 0) is 4.74 Å². The third-order valence-electron chi connectivity index (χ3n) is 4.05. The highest BCUT2D eigenvalue weighted by Crippen LogP contribution is 2.43. The molecule has 0 aromatic rings. The molecule has 17 heavy (non-hydrogen) atoms. The summed E-state index contributed by atoms with van der Waals surface area (Å²) in [5.41, 5.74) is 0.463. The van der Waals surface area contributed by atoms with Crippen LogP contribution in [0.1, 0.15) is 60.3 Å². The molecular weight excluding hydrogens is 276 g/mol. The van der Waals surface area contributed by atoms with Crippen LogP contribution in [0.15, 0.2) is 0 Å². The van der Waals surface area contributed by atoms with Crippen LogP contribution >= 0.6 is 15.9 Å². The zero-order chi connectivity index (χ0) is 13.1. The number of hydrogen-bond donors (Lipinski definition) is 0. The van der Waals surface area contributed by atoms with Crippen molar-refractivity contribution in [3.8, 4) is 0 Å². The van der Waals surface area contributed by atoms with Crippen LogP contribution in [0, 0.1) is 17.3 Å². The number of rotatable bonds is 4. The maximum absolute atomic E-state index is 5.69. The lowest BCUT2D eigenvalue weighted by Gasteiger charge is -2.40. The van der Waals surface area contributed by atoms with Crippen LogP contribution < -0.4 is 0 Å². The van der Waals surface area contributed by atoms with E-state index in [1.807, 2.05) is 0 Å². The molecule has 1 aliphatic carbocycles. The number of ether oxygens (including phenoxy) is 1. The normalized spacial score (nSPS) is 30.9. The lowest BCUT2D eigenvalue weighted by atomic mass is 9.68. The quantitative estimate of drug-likeness (QED) is 0.662. The van der Waals surface area contributed by atoms with Gasteiger partial charge in [0, 0.05) is 11.4 Å². The maximum atomic E-state index is 5.69. The first-order valence-corrected chi connectivity index (χ1v) is 7.98. The molecule has 1 saturated carbocycles. The number of halogens is 1. The summed E-state index contributed by atoms with van der Waals surface area (Å²) < 4.78 is 5.69. The minimum atomic E-state index is 0.366. The molecule has 2 heteroatoms. The minimum Gasteiger partial charge on any atom is -0.379 e. The molecule has 1 nitrogen and oxygen atoms in total. The lowest BCUT2D eigenvalue weighted by Crippen LogP contribution is -2.32. The third kappa shape index (κ3) is 5.30. The van der Waals surface area contributed by atoms with E-state index in [9.17, 15) is 0 Å². The van der Waals surface area contributed by atoms with Gasteiger partial charge in [0.25, 0.3) is 0 Å². The molecule has 0 spiro atoms. The van der Waals surface area contributed by atoms with Crippen molar-refractivity contribution in [2.75, 3.05) is 6.61 Å². The van der Waals surface area contributed by atoms with Crippen LogP contribution in [0.5, 0.6) is 0 Å². The molecule has 0 N–H and O–H groups in total. The highest BCUT2D eigenvalue weighted by molar-refractivity contribution is 9.09. The van der Waals surface area contributed by atoms with Crippen molar-refractivity contribution in [1.82, 2.24) is 0 Å². The Kier molecular flexibility index (Phi) is 5.98. The first-order chi connectivity index (χ1) is 7.80. The van der Waals surface area contributed by atoms with Gasteiger partial charge in [-0.25, -0.2) is 0 Å². The average molecular weight is 305 g/mol. The summed E-state index contributed by atoms with van der Waals surface area (Å²) in [5, 5.41) is 0. The molecule has 0 aliphatic heterocycles. The molecule has 0 aromatic heterocycles. The Bertz CT molecular complexity index is 219. The summed E-state index contributed by atoms with van der Waals surface area (Å²) in [6.45, 7) is 12.3. The first kappa shape index (κ1) is 15.5. The molecule has 3 atom stereocenters. The van der Waals surface area contributed by atoms with Gasteiger partial charge in [0.1, 0.15) is 0 Å². The van der Waals surface area contributed by atoms with E-state index in [1.165, 1.54) is 25.7 Å². The van der Waals surface area contributed by atoms with E-state index >= 15 is 0 Å². The summed E-state index contributed by atoms with van der Waals surface area (Å²) >= 11 is 3.86. The van der Waals surface area contributed by atoms with Crippen molar-refractivity contribution in [3.63, 3.8) is 0 Å². The minimum absolute atomic E-state index is 0.366.